The third kappa shape index (κ3) is 8.61. The SMILES string of the molecule is O=C(OCc1ccccn1)N(CCc1ccccc1)C[C@H](O)CN(CC1CCCC1)S(=O)(=O)c1ccccc1. The first-order valence-corrected chi connectivity index (χ1v) is 14.9. The Morgan fingerprint density at radius 3 is 2.28 bits per heavy atom. The molecule has 4 rings (SSSR count). The fourth-order valence-corrected chi connectivity index (χ4v) is 6.49. The number of aliphatic hydroxyl groups excluding tert-OH is 1. The second-order valence-corrected chi connectivity index (χ2v) is 11.9. The summed E-state index contributed by atoms with van der Waals surface area (Å²) in [5.74, 6) is 0.258. The van der Waals surface area contributed by atoms with Crippen molar-refractivity contribution in [1.29, 1.82) is 0 Å². The van der Waals surface area contributed by atoms with Gasteiger partial charge in [0.05, 0.1) is 23.2 Å². The zero-order valence-corrected chi connectivity index (χ0v) is 23.0. The molecular formula is C30H37N3O5S. The summed E-state index contributed by atoms with van der Waals surface area (Å²) in [4.78, 5) is 18.9. The molecule has 2 aromatic carbocycles. The maximum Gasteiger partial charge on any atom is 0.410 e. The summed E-state index contributed by atoms with van der Waals surface area (Å²) < 4.78 is 34.0. The van der Waals surface area contributed by atoms with Gasteiger partial charge in [-0.15, -0.1) is 0 Å². The van der Waals surface area contributed by atoms with Gasteiger partial charge in [-0.2, -0.15) is 4.31 Å². The molecule has 208 valence electrons. The summed E-state index contributed by atoms with van der Waals surface area (Å²) in [7, 11) is -3.81. The smallest absolute Gasteiger partial charge is 0.410 e. The predicted molar refractivity (Wildman–Crippen MR) is 149 cm³/mol. The fourth-order valence-electron chi connectivity index (χ4n) is 4.92. The molecule has 0 aliphatic heterocycles. The third-order valence-corrected chi connectivity index (χ3v) is 8.85. The van der Waals surface area contributed by atoms with Gasteiger partial charge in [0.1, 0.15) is 6.61 Å². The lowest BCUT2D eigenvalue weighted by Gasteiger charge is -2.30. The van der Waals surface area contributed by atoms with Crippen LogP contribution < -0.4 is 0 Å². The van der Waals surface area contributed by atoms with Crippen molar-refractivity contribution in [2.24, 2.45) is 5.92 Å². The van der Waals surface area contributed by atoms with E-state index in [2.05, 4.69) is 4.98 Å². The minimum atomic E-state index is -3.81. The second-order valence-electron chi connectivity index (χ2n) is 10.00. The first kappa shape index (κ1) is 28.7. The zero-order chi connectivity index (χ0) is 27.5. The highest BCUT2D eigenvalue weighted by atomic mass is 32.2. The number of hydrogen-bond donors (Lipinski definition) is 1. The molecule has 0 radical (unpaired) electrons. The lowest BCUT2D eigenvalue weighted by Crippen LogP contribution is -2.46. The summed E-state index contributed by atoms with van der Waals surface area (Å²) in [6.45, 7) is 0.509. The van der Waals surface area contributed by atoms with Crippen LogP contribution in [-0.4, -0.2) is 66.1 Å². The Morgan fingerprint density at radius 2 is 1.62 bits per heavy atom. The van der Waals surface area contributed by atoms with Gasteiger partial charge in [-0.1, -0.05) is 67.4 Å². The molecule has 1 aliphatic carbocycles. The molecule has 3 aromatic rings. The number of hydrogen-bond acceptors (Lipinski definition) is 6. The van der Waals surface area contributed by atoms with E-state index in [0.29, 0.717) is 25.2 Å². The predicted octanol–water partition coefficient (Wildman–Crippen LogP) is 4.50. The first-order valence-electron chi connectivity index (χ1n) is 13.5. The van der Waals surface area contributed by atoms with Crippen molar-refractivity contribution in [3.05, 3.63) is 96.3 Å². The Labute approximate surface area is 231 Å². The Kier molecular flexibility index (Phi) is 10.5. The van der Waals surface area contributed by atoms with E-state index in [4.69, 9.17) is 4.74 Å². The zero-order valence-electron chi connectivity index (χ0n) is 22.1. The van der Waals surface area contributed by atoms with E-state index in [1.807, 2.05) is 36.4 Å². The summed E-state index contributed by atoms with van der Waals surface area (Å²) in [6, 6.07) is 23.4. The molecule has 1 heterocycles. The van der Waals surface area contributed by atoms with Gasteiger partial charge in [-0.25, -0.2) is 13.2 Å². The molecule has 39 heavy (non-hydrogen) atoms. The van der Waals surface area contributed by atoms with E-state index in [9.17, 15) is 18.3 Å². The number of pyridine rings is 1. The van der Waals surface area contributed by atoms with E-state index in [-0.39, 0.29) is 30.5 Å². The molecule has 1 atom stereocenters. The number of carbonyl (C=O) groups excluding carboxylic acids is 1. The van der Waals surface area contributed by atoms with Gasteiger partial charge in [-0.3, -0.25) is 4.98 Å². The van der Waals surface area contributed by atoms with Gasteiger partial charge in [0.15, 0.2) is 0 Å². The fraction of sp³-hybridized carbons (Fsp3) is 0.400. The number of sulfonamides is 1. The molecular weight excluding hydrogens is 514 g/mol. The van der Waals surface area contributed by atoms with Crippen molar-refractivity contribution in [2.45, 2.75) is 49.7 Å². The Hall–Kier alpha value is -3.27. The molecule has 1 N–H and O–H groups in total. The highest BCUT2D eigenvalue weighted by Crippen LogP contribution is 2.28. The average Bonchev–Trinajstić information content (AvgIpc) is 3.48. The minimum absolute atomic E-state index is 0.00774. The van der Waals surface area contributed by atoms with Crippen LogP contribution in [0.1, 0.15) is 36.9 Å². The lowest BCUT2D eigenvalue weighted by molar-refractivity contribution is 0.0615. The highest BCUT2D eigenvalue weighted by Gasteiger charge is 2.31. The average molecular weight is 552 g/mol. The standard InChI is InChI=1S/C30H37N3O5S/c34-28(23-33(21-26-13-7-8-14-26)39(36,37)29-16-5-2-6-17-29)22-32(20-18-25-11-3-1-4-12-25)30(35)38-24-27-15-9-10-19-31-27/h1-6,9-12,15-17,19,26,28,34H,7-8,13-14,18,20-24H2/t28-/m0/s1. The van der Waals surface area contributed by atoms with Gasteiger partial charge >= 0.3 is 6.09 Å². The Balaban J connectivity index is 1.46. The van der Waals surface area contributed by atoms with Crippen LogP contribution in [0.15, 0.2) is 90.0 Å². The number of ether oxygens (including phenoxy) is 1. The van der Waals surface area contributed by atoms with Crippen molar-refractivity contribution in [2.75, 3.05) is 26.2 Å². The summed E-state index contributed by atoms with van der Waals surface area (Å²) in [5, 5.41) is 11.1. The van der Waals surface area contributed by atoms with E-state index in [1.165, 1.54) is 9.21 Å². The third-order valence-electron chi connectivity index (χ3n) is 7.00. The van der Waals surface area contributed by atoms with Crippen LogP contribution >= 0.6 is 0 Å². The van der Waals surface area contributed by atoms with Crippen LogP contribution in [0.2, 0.25) is 0 Å². The van der Waals surface area contributed by atoms with Crippen molar-refractivity contribution < 1.29 is 23.1 Å². The van der Waals surface area contributed by atoms with E-state index in [0.717, 1.165) is 31.2 Å². The molecule has 0 bridgehead atoms. The number of carbonyl (C=O) groups is 1. The van der Waals surface area contributed by atoms with Gasteiger partial charge in [-0.05, 0) is 55.0 Å². The van der Waals surface area contributed by atoms with Gasteiger partial charge in [0.2, 0.25) is 10.0 Å². The van der Waals surface area contributed by atoms with Gasteiger partial charge in [0.25, 0.3) is 0 Å². The van der Waals surface area contributed by atoms with Crippen LogP contribution in [0.3, 0.4) is 0 Å². The molecule has 8 nitrogen and oxygen atoms in total. The van der Waals surface area contributed by atoms with Crippen LogP contribution in [-0.2, 0) is 27.8 Å². The summed E-state index contributed by atoms with van der Waals surface area (Å²) in [5.41, 5.74) is 1.66. The quantitative estimate of drug-likeness (QED) is 0.336. The highest BCUT2D eigenvalue weighted by molar-refractivity contribution is 7.89. The molecule has 0 saturated heterocycles. The molecule has 1 saturated carbocycles. The normalized spacial score (nSPS) is 14.8. The van der Waals surface area contributed by atoms with Crippen LogP contribution in [0, 0.1) is 5.92 Å². The molecule has 1 aliphatic rings. The second kappa shape index (κ2) is 14.2. The van der Waals surface area contributed by atoms with Crippen LogP contribution in [0.5, 0.6) is 0 Å². The number of nitrogens with zero attached hydrogens (tertiary/aromatic N) is 3. The molecule has 0 unspecified atom stereocenters. The Bertz CT molecular complexity index is 1250. The molecule has 9 heteroatoms. The van der Waals surface area contributed by atoms with E-state index in [1.54, 1.807) is 48.7 Å². The molecule has 1 amide bonds. The molecule has 1 fully saturated rings. The topological polar surface area (TPSA) is 100 Å². The van der Waals surface area contributed by atoms with Crippen molar-refractivity contribution in [3.8, 4) is 0 Å². The van der Waals surface area contributed by atoms with Crippen molar-refractivity contribution in [3.63, 3.8) is 0 Å². The first-order chi connectivity index (χ1) is 18.9. The number of rotatable bonds is 13. The van der Waals surface area contributed by atoms with Gasteiger partial charge < -0.3 is 14.7 Å². The number of amides is 1. The van der Waals surface area contributed by atoms with Crippen molar-refractivity contribution >= 4 is 16.1 Å². The lowest BCUT2D eigenvalue weighted by atomic mass is 10.1. The van der Waals surface area contributed by atoms with Crippen LogP contribution in [0.25, 0.3) is 0 Å². The van der Waals surface area contributed by atoms with E-state index < -0.39 is 22.2 Å². The van der Waals surface area contributed by atoms with Crippen molar-refractivity contribution in [1.82, 2.24) is 14.2 Å². The minimum Gasteiger partial charge on any atom is -0.443 e. The van der Waals surface area contributed by atoms with Crippen LogP contribution in [0.4, 0.5) is 4.79 Å². The summed E-state index contributed by atoms with van der Waals surface area (Å²) in [6.07, 6.45) is 4.64. The number of aliphatic hydroxyl groups is 1. The molecule has 1 aromatic heterocycles. The maximum absolute atomic E-state index is 13.5. The number of benzene rings is 2. The van der Waals surface area contributed by atoms with E-state index >= 15 is 0 Å². The summed E-state index contributed by atoms with van der Waals surface area (Å²) >= 11 is 0. The monoisotopic (exact) mass is 551 g/mol. The largest absolute Gasteiger partial charge is 0.443 e. The number of aromatic nitrogens is 1. The van der Waals surface area contributed by atoms with Gasteiger partial charge in [0, 0.05) is 25.8 Å². The molecule has 0 spiro atoms. The maximum atomic E-state index is 13.5. The Morgan fingerprint density at radius 1 is 0.949 bits per heavy atom.